The number of rotatable bonds is 7. The first-order valence-electron chi connectivity index (χ1n) is 14.0. The molecule has 0 radical (unpaired) electrons. The lowest BCUT2D eigenvalue weighted by molar-refractivity contribution is 0.215. The molecule has 13 heteroatoms. The number of benzene rings is 3. The summed E-state index contributed by atoms with van der Waals surface area (Å²) in [4.78, 5) is 30.8. The van der Waals surface area contributed by atoms with Crippen LogP contribution in [0.1, 0.15) is 17.5 Å². The Kier molecular flexibility index (Phi) is 8.51. The van der Waals surface area contributed by atoms with Crippen LogP contribution in [0.5, 0.6) is 0 Å². The fraction of sp³-hybridized carbons (Fsp3) is 0.226. The molecule has 2 N–H and O–H groups in total. The van der Waals surface area contributed by atoms with Gasteiger partial charge in [0, 0.05) is 43.8 Å². The maximum absolute atomic E-state index is 14.1. The molecule has 226 valence electrons. The van der Waals surface area contributed by atoms with E-state index in [0.29, 0.717) is 73.6 Å². The van der Waals surface area contributed by atoms with Crippen molar-refractivity contribution in [2.75, 3.05) is 41.7 Å². The van der Waals surface area contributed by atoms with Crippen molar-refractivity contribution in [3.63, 3.8) is 0 Å². The van der Waals surface area contributed by atoms with Crippen LogP contribution in [0.2, 0.25) is 5.02 Å². The average molecular weight is 621 g/mol. The van der Waals surface area contributed by atoms with Crippen LogP contribution >= 0.6 is 11.6 Å². The van der Waals surface area contributed by atoms with Gasteiger partial charge >= 0.3 is 6.03 Å². The van der Waals surface area contributed by atoms with E-state index in [1.54, 1.807) is 23.4 Å². The molecule has 0 saturated carbocycles. The van der Waals surface area contributed by atoms with E-state index in [2.05, 4.69) is 15.6 Å². The summed E-state index contributed by atoms with van der Waals surface area (Å²) >= 11 is 6.44. The van der Waals surface area contributed by atoms with E-state index in [1.165, 1.54) is 18.2 Å². The second-order valence-electron chi connectivity index (χ2n) is 10.4. The Bertz CT molecular complexity index is 1800. The molecule has 2 amide bonds. The quantitative estimate of drug-likeness (QED) is 0.222. The first kappa shape index (κ1) is 29.2. The first-order valence-corrected chi connectivity index (χ1v) is 14.4. The summed E-state index contributed by atoms with van der Waals surface area (Å²) in [5.74, 6) is -0.914. The minimum atomic E-state index is -0.842. The van der Waals surface area contributed by atoms with E-state index >= 15 is 0 Å². The van der Waals surface area contributed by atoms with Crippen molar-refractivity contribution in [2.45, 2.75) is 19.5 Å². The molecule has 44 heavy (non-hydrogen) atoms. The number of carbonyl (C=O) groups is 1. The van der Waals surface area contributed by atoms with Gasteiger partial charge < -0.3 is 25.0 Å². The molecule has 1 fully saturated rings. The highest BCUT2D eigenvalue weighted by Gasteiger charge is 2.24. The fourth-order valence-corrected chi connectivity index (χ4v) is 5.21. The van der Waals surface area contributed by atoms with Gasteiger partial charge in [-0.15, -0.1) is 0 Å². The number of amides is 2. The van der Waals surface area contributed by atoms with Crippen LogP contribution in [-0.4, -0.2) is 56.6 Å². The van der Waals surface area contributed by atoms with Crippen molar-refractivity contribution in [1.29, 1.82) is 0 Å². The lowest BCUT2D eigenvalue weighted by atomic mass is 10.2. The molecule has 0 atom stereocenters. The van der Waals surface area contributed by atoms with Crippen LogP contribution in [0.4, 0.5) is 35.4 Å². The van der Waals surface area contributed by atoms with Crippen molar-refractivity contribution in [3.8, 4) is 0 Å². The Morgan fingerprint density at radius 2 is 1.70 bits per heavy atom. The van der Waals surface area contributed by atoms with Gasteiger partial charge in [0.25, 0.3) is 0 Å². The number of aromatic nitrogens is 4. The third kappa shape index (κ3) is 6.55. The number of hydrogen-bond acceptors (Lipinski definition) is 6. The highest BCUT2D eigenvalue weighted by molar-refractivity contribution is 6.31. The smallest absolute Gasteiger partial charge is 0.321 e. The zero-order valence-electron chi connectivity index (χ0n) is 23.5. The van der Waals surface area contributed by atoms with E-state index in [4.69, 9.17) is 21.6 Å². The van der Waals surface area contributed by atoms with Crippen LogP contribution in [0.25, 0.3) is 11.2 Å². The lowest BCUT2D eigenvalue weighted by Gasteiger charge is -2.23. The zero-order chi connectivity index (χ0) is 30.6. The van der Waals surface area contributed by atoms with Crippen molar-refractivity contribution in [1.82, 2.24) is 24.4 Å². The molecule has 0 aliphatic carbocycles. The van der Waals surface area contributed by atoms with Gasteiger partial charge in [0.1, 0.15) is 17.5 Å². The Labute approximate surface area is 256 Å². The number of anilines is 3. The highest BCUT2D eigenvalue weighted by atomic mass is 35.5. The van der Waals surface area contributed by atoms with E-state index in [9.17, 15) is 18.0 Å². The molecule has 0 bridgehead atoms. The van der Waals surface area contributed by atoms with E-state index in [1.807, 2.05) is 33.7 Å². The van der Waals surface area contributed by atoms with Crippen molar-refractivity contribution in [2.24, 2.45) is 0 Å². The summed E-state index contributed by atoms with van der Waals surface area (Å²) in [6, 6.07) is 16.3. The SMILES string of the molecule is O=C(Nc1ccc(F)cc1F)N1CCCN(c2nc(NCc3ccc(F)cc3)c3ncn(Cc4ccccc4Cl)c3n2)CC1. The third-order valence-corrected chi connectivity index (χ3v) is 7.73. The number of imidazole rings is 1. The number of fused-ring (bicyclic) bond motifs is 1. The molecule has 6 rings (SSSR count). The first-order chi connectivity index (χ1) is 21.3. The van der Waals surface area contributed by atoms with E-state index in [0.717, 1.165) is 23.3 Å². The Hall–Kier alpha value is -4.84. The minimum absolute atomic E-state index is 0.0880. The maximum atomic E-state index is 14.1. The van der Waals surface area contributed by atoms with Gasteiger partial charge in [-0.3, -0.25) is 0 Å². The molecular weight excluding hydrogens is 593 g/mol. The molecule has 0 unspecified atom stereocenters. The fourth-order valence-electron chi connectivity index (χ4n) is 5.02. The summed E-state index contributed by atoms with van der Waals surface area (Å²) in [5.41, 5.74) is 2.85. The molecule has 3 heterocycles. The standard InChI is InChI=1S/C31H28ClF3N8O/c32-24-5-2-1-4-21(24)18-43-19-37-27-28(36-17-20-6-8-22(33)9-7-20)39-30(40-29(27)43)41-12-3-13-42(15-14-41)31(44)38-26-11-10-23(34)16-25(26)35/h1-2,4-11,16,19H,3,12-15,17-18H2,(H,38,44)(H,36,39,40). The number of carbonyl (C=O) groups excluding carboxylic acids is 1. The van der Waals surface area contributed by atoms with E-state index < -0.39 is 17.7 Å². The van der Waals surface area contributed by atoms with Crippen molar-refractivity contribution < 1.29 is 18.0 Å². The maximum Gasteiger partial charge on any atom is 0.321 e. The molecule has 1 saturated heterocycles. The normalized spacial score (nSPS) is 13.6. The topological polar surface area (TPSA) is 91.2 Å². The average Bonchev–Trinajstić information content (AvgIpc) is 3.25. The van der Waals surface area contributed by atoms with Crippen LogP contribution in [0.15, 0.2) is 73.1 Å². The summed E-state index contributed by atoms with van der Waals surface area (Å²) < 4.78 is 42.8. The summed E-state index contributed by atoms with van der Waals surface area (Å²) in [6.45, 7) is 2.56. The summed E-state index contributed by atoms with van der Waals surface area (Å²) in [5, 5.41) is 6.49. The van der Waals surface area contributed by atoms with Crippen LogP contribution in [0, 0.1) is 17.5 Å². The second-order valence-corrected chi connectivity index (χ2v) is 10.8. The molecule has 3 aromatic carbocycles. The van der Waals surface area contributed by atoms with Crippen LogP contribution in [-0.2, 0) is 13.1 Å². The predicted octanol–water partition coefficient (Wildman–Crippen LogP) is 6.30. The summed E-state index contributed by atoms with van der Waals surface area (Å²) in [6.07, 6.45) is 2.30. The van der Waals surface area contributed by atoms with Crippen LogP contribution < -0.4 is 15.5 Å². The monoisotopic (exact) mass is 620 g/mol. The number of hydrogen-bond donors (Lipinski definition) is 2. The van der Waals surface area contributed by atoms with Gasteiger partial charge in [-0.1, -0.05) is 41.9 Å². The number of nitrogens with one attached hydrogen (secondary N) is 2. The van der Waals surface area contributed by atoms with Crippen molar-refractivity contribution in [3.05, 3.63) is 107 Å². The molecular formula is C31H28ClF3N8O. The largest absolute Gasteiger partial charge is 0.364 e. The number of nitrogens with zero attached hydrogens (tertiary/aromatic N) is 6. The predicted molar refractivity (Wildman–Crippen MR) is 163 cm³/mol. The minimum Gasteiger partial charge on any atom is -0.364 e. The van der Waals surface area contributed by atoms with Gasteiger partial charge in [-0.05, 0) is 47.9 Å². The molecule has 1 aliphatic rings. The van der Waals surface area contributed by atoms with Gasteiger partial charge in [0.2, 0.25) is 5.95 Å². The second kappa shape index (κ2) is 12.8. The number of halogens is 4. The van der Waals surface area contributed by atoms with Gasteiger partial charge in [0.15, 0.2) is 17.0 Å². The Morgan fingerprint density at radius 3 is 2.50 bits per heavy atom. The molecule has 9 nitrogen and oxygen atoms in total. The molecule has 1 aliphatic heterocycles. The zero-order valence-corrected chi connectivity index (χ0v) is 24.2. The Balaban J connectivity index is 1.25. The Morgan fingerprint density at radius 1 is 0.909 bits per heavy atom. The van der Waals surface area contributed by atoms with Crippen molar-refractivity contribution >= 4 is 46.2 Å². The van der Waals surface area contributed by atoms with Gasteiger partial charge in [0.05, 0.1) is 18.6 Å². The van der Waals surface area contributed by atoms with E-state index in [-0.39, 0.29) is 11.5 Å². The van der Waals surface area contributed by atoms with Crippen LogP contribution in [0.3, 0.4) is 0 Å². The highest BCUT2D eigenvalue weighted by Crippen LogP contribution is 2.26. The molecule has 0 spiro atoms. The number of urea groups is 1. The third-order valence-electron chi connectivity index (χ3n) is 7.36. The van der Waals surface area contributed by atoms with Gasteiger partial charge in [-0.25, -0.2) is 22.9 Å². The lowest BCUT2D eigenvalue weighted by Crippen LogP contribution is -2.38. The molecule has 5 aromatic rings. The molecule has 2 aromatic heterocycles. The summed E-state index contributed by atoms with van der Waals surface area (Å²) in [7, 11) is 0. The van der Waals surface area contributed by atoms with Gasteiger partial charge in [-0.2, -0.15) is 9.97 Å².